The molecule has 2 aromatic rings. The van der Waals surface area contributed by atoms with Crippen LogP contribution >= 0.6 is 23.2 Å². The average Bonchev–Trinajstić information content (AvgIpc) is 2.77. The molecule has 2 heterocycles. The zero-order chi connectivity index (χ0) is 20.5. The SMILES string of the molecule is Cc1cn(CCOCP(=O)([O-])OP(=O)([O-])OP(=O)([O-])[O-])c2ncnc(N)c12.[Na+].[Na+].[Na+].[Na+]. The molecule has 2 aromatic heterocycles. The van der Waals surface area contributed by atoms with Gasteiger partial charge < -0.3 is 43.7 Å². The molecule has 2 rings (SSSR count). The number of nitrogen functional groups attached to an aromatic ring is 1. The van der Waals surface area contributed by atoms with Gasteiger partial charge in [0.05, 0.1) is 19.8 Å². The van der Waals surface area contributed by atoms with Gasteiger partial charge in [-0.25, -0.2) is 9.97 Å². The third-order valence-corrected chi connectivity index (χ3v) is 6.92. The molecule has 0 fully saturated rings. The fourth-order valence-corrected chi connectivity index (χ4v) is 5.30. The van der Waals surface area contributed by atoms with Crippen LogP contribution < -0.4 is 144 Å². The predicted molar refractivity (Wildman–Crippen MR) is 82.5 cm³/mol. The summed E-state index contributed by atoms with van der Waals surface area (Å²) in [6.45, 7) is 1.70. The van der Waals surface area contributed by atoms with E-state index in [1.807, 2.05) is 0 Å². The van der Waals surface area contributed by atoms with Crippen molar-refractivity contribution in [3.8, 4) is 0 Å². The molecule has 2 atom stereocenters. The molecule has 21 heteroatoms. The Morgan fingerprint density at radius 3 is 2.16 bits per heavy atom. The molecule has 0 saturated heterocycles. The van der Waals surface area contributed by atoms with E-state index in [1.54, 1.807) is 17.7 Å². The number of phosphoric acid groups is 2. The van der Waals surface area contributed by atoms with Crippen LogP contribution in [0.15, 0.2) is 12.5 Å². The van der Waals surface area contributed by atoms with Gasteiger partial charge in [-0.2, -0.15) is 0 Å². The van der Waals surface area contributed by atoms with Gasteiger partial charge in [-0.3, -0.25) is 13.2 Å². The first-order chi connectivity index (χ1) is 12.3. The monoisotopic (exact) mass is 534 g/mol. The van der Waals surface area contributed by atoms with Crippen LogP contribution in [0.3, 0.4) is 0 Å². The number of nitrogens with zero attached hydrogens (tertiary/aromatic N) is 3. The van der Waals surface area contributed by atoms with Crippen LogP contribution in [0.4, 0.5) is 5.82 Å². The zero-order valence-corrected chi connectivity index (χ0v) is 28.3. The molecular formula is C10H13N4Na4O10P3. The van der Waals surface area contributed by atoms with Gasteiger partial charge in [-0.15, -0.1) is 0 Å². The third-order valence-electron chi connectivity index (χ3n) is 3.02. The number of aryl methyl sites for hydroxylation is 1. The molecule has 14 nitrogen and oxygen atoms in total. The Bertz CT molecular complexity index is 989. The van der Waals surface area contributed by atoms with E-state index in [2.05, 4.69) is 18.6 Å². The normalized spacial score (nSPS) is 14.7. The second kappa shape index (κ2) is 15.8. The standard InChI is InChI=1S/C10H17N4O10P3.4Na/c1-7-4-14(10-8(7)9(11)12-5-13-10)2-3-22-6-25(15,16)23-27(20,21)24-26(17,18)19;;;;/h4-5H,2-3,6H2,1H3,(H,15,16)(H,20,21)(H2,11,12,13)(H2,17,18,19);;;;/q;4*+1/p-4. The Morgan fingerprint density at radius 1 is 1.03 bits per heavy atom. The van der Waals surface area contributed by atoms with Gasteiger partial charge in [-0.05, 0) is 12.5 Å². The van der Waals surface area contributed by atoms with Gasteiger partial charge in [-0.1, -0.05) is 0 Å². The van der Waals surface area contributed by atoms with E-state index in [4.69, 9.17) is 10.5 Å². The maximum atomic E-state index is 11.5. The van der Waals surface area contributed by atoms with Crippen molar-refractivity contribution < 1.29 is 165 Å². The second-order valence-corrected chi connectivity index (χ2v) is 9.74. The maximum Gasteiger partial charge on any atom is 1.00 e. The Hall–Kier alpha value is 2.83. The van der Waals surface area contributed by atoms with Gasteiger partial charge in [0.15, 0.2) is 7.60 Å². The first kappa shape index (κ1) is 38.4. The zero-order valence-electron chi connectivity index (χ0n) is 17.6. The molecule has 0 aliphatic rings. The van der Waals surface area contributed by atoms with E-state index >= 15 is 0 Å². The number of hydrogen-bond donors (Lipinski definition) is 1. The summed E-state index contributed by atoms with van der Waals surface area (Å²) in [6.07, 6.45) is 1.73. The van der Waals surface area contributed by atoms with Gasteiger partial charge in [0.25, 0.3) is 7.82 Å². The average molecular weight is 534 g/mol. The summed E-state index contributed by atoms with van der Waals surface area (Å²) in [5.74, 6) is 0.273. The molecular weight excluding hydrogens is 521 g/mol. The van der Waals surface area contributed by atoms with Crippen LogP contribution in [0.2, 0.25) is 0 Å². The molecule has 0 aliphatic heterocycles. The smallest absolute Gasteiger partial charge is 0.790 e. The minimum absolute atomic E-state index is 0. The van der Waals surface area contributed by atoms with Gasteiger partial charge in [0.2, 0.25) is 0 Å². The van der Waals surface area contributed by atoms with E-state index in [-0.39, 0.29) is 137 Å². The molecule has 0 aromatic carbocycles. The van der Waals surface area contributed by atoms with Crippen molar-refractivity contribution in [1.29, 1.82) is 0 Å². The Kier molecular flexibility index (Phi) is 19.6. The minimum Gasteiger partial charge on any atom is -0.790 e. The maximum absolute atomic E-state index is 11.5. The van der Waals surface area contributed by atoms with Gasteiger partial charge in [0, 0.05) is 12.7 Å². The van der Waals surface area contributed by atoms with E-state index in [1.165, 1.54) is 6.33 Å². The van der Waals surface area contributed by atoms with Crippen LogP contribution in [0, 0.1) is 6.92 Å². The number of aromatic nitrogens is 3. The fraction of sp³-hybridized carbons (Fsp3) is 0.400. The summed E-state index contributed by atoms with van der Waals surface area (Å²) >= 11 is 0. The van der Waals surface area contributed by atoms with Crippen molar-refractivity contribution in [2.75, 3.05) is 18.7 Å². The van der Waals surface area contributed by atoms with Crippen molar-refractivity contribution in [2.24, 2.45) is 0 Å². The summed E-state index contributed by atoms with van der Waals surface area (Å²) in [4.78, 5) is 50.9. The topological polar surface area (TPSA) is 228 Å². The first-order valence-corrected chi connectivity index (χ1v) is 11.6. The van der Waals surface area contributed by atoms with Crippen LogP contribution in [0.25, 0.3) is 11.0 Å². The van der Waals surface area contributed by atoms with Crippen molar-refractivity contribution in [3.63, 3.8) is 0 Å². The van der Waals surface area contributed by atoms with E-state index in [0.717, 1.165) is 5.56 Å². The summed E-state index contributed by atoms with van der Waals surface area (Å²) in [7, 11) is -17.1. The number of anilines is 1. The molecule has 31 heavy (non-hydrogen) atoms. The summed E-state index contributed by atoms with van der Waals surface area (Å²) in [5, 5.41) is 0.624. The number of nitrogens with two attached hydrogens (primary N) is 1. The number of fused-ring (bicyclic) bond motifs is 1. The number of hydrogen-bond acceptors (Lipinski definition) is 13. The predicted octanol–water partition coefficient (Wildman–Crippen LogP) is -13.8. The van der Waals surface area contributed by atoms with Crippen molar-refractivity contribution in [1.82, 2.24) is 14.5 Å². The largest absolute Gasteiger partial charge is 1.00 e. The molecule has 0 aliphatic carbocycles. The quantitative estimate of drug-likeness (QED) is 0.179. The molecule has 0 radical (unpaired) electrons. The summed E-state index contributed by atoms with van der Waals surface area (Å²) < 4.78 is 45.9. The molecule has 2 N–H and O–H groups in total. The summed E-state index contributed by atoms with van der Waals surface area (Å²) in [5.41, 5.74) is 7.03. The van der Waals surface area contributed by atoms with E-state index in [0.29, 0.717) is 11.0 Å². The Morgan fingerprint density at radius 2 is 1.61 bits per heavy atom. The van der Waals surface area contributed by atoms with Crippen LogP contribution in [0.1, 0.15) is 5.56 Å². The summed E-state index contributed by atoms with van der Waals surface area (Å²) in [6, 6.07) is 0. The van der Waals surface area contributed by atoms with Crippen LogP contribution in [0.5, 0.6) is 0 Å². The van der Waals surface area contributed by atoms with Crippen molar-refractivity contribution >= 4 is 40.1 Å². The third kappa shape index (κ3) is 13.1. The molecule has 152 valence electrons. The van der Waals surface area contributed by atoms with Gasteiger partial charge >= 0.3 is 118 Å². The molecule has 0 amide bonds. The van der Waals surface area contributed by atoms with Gasteiger partial charge in [0.1, 0.15) is 24.1 Å². The molecule has 2 unspecified atom stereocenters. The Balaban J connectivity index is -0.00000196. The number of ether oxygens (including phenoxy) is 1. The van der Waals surface area contributed by atoms with Crippen molar-refractivity contribution in [3.05, 3.63) is 18.1 Å². The minimum atomic E-state index is -6.00. The fourth-order valence-electron chi connectivity index (χ4n) is 2.17. The van der Waals surface area contributed by atoms with Crippen LogP contribution in [-0.2, 0) is 33.6 Å². The van der Waals surface area contributed by atoms with E-state index < -0.39 is 29.6 Å². The molecule has 0 bridgehead atoms. The number of rotatable bonds is 9. The van der Waals surface area contributed by atoms with Crippen molar-refractivity contribution in [2.45, 2.75) is 13.5 Å². The molecule has 0 spiro atoms. The molecule has 0 saturated carbocycles. The first-order valence-electron chi connectivity index (χ1n) is 6.99. The van der Waals surface area contributed by atoms with E-state index in [9.17, 15) is 33.3 Å². The Labute approximate surface area is 266 Å². The van der Waals surface area contributed by atoms with Crippen LogP contribution in [-0.4, -0.2) is 27.5 Å². The second-order valence-electron chi connectivity index (χ2n) is 5.17.